The highest BCUT2D eigenvalue weighted by atomic mass is 16.6. The van der Waals surface area contributed by atoms with Gasteiger partial charge in [-0.3, -0.25) is 9.59 Å². The summed E-state index contributed by atoms with van der Waals surface area (Å²) in [6, 6.07) is 15.5. The summed E-state index contributed by atoms with van der Waals surface area (Å²) in [6.07, 6.45) is 2.74. The smallest absolute Gasteiger partial charge is 0.227 e. The van der Waals surface area contributed by atoms with Crippen molar-refractivity contribution in [2.24, 2.45) is 5.92 Å². The number of benzene rings is 2. The Labute approximate surface area is 193 Å². The normalized spacial score (nSPS) is 25.8. The minimum absolute atomic E-state index is 0.00150. The van der Waals surface area contributed by atoms with E-state index in [1.54, 1.807) is 0 Å². The van der Waals surface area contributed by atoms with Crippen LogP contribution in [0.1, 0.15) is 49.1 Å². The average molecular weight is 451 g/mol. The Morgan fingerprint density at radius 3 is 2.64 bits per heavy atom. The number of aliphatic hydroxyl groups excluding tert-OH is 1. The van der Waals surface area contributed by atoms with E-state index in [1.165, 1.54) is 0 Å². The molecule has 0 unspecified atom stereocenters. The van der Waals surface area contributed by atoms with E-state index in [2.05, 4.69) is 10.6 Å². The predicted octanol–water partition coefficient (Wildman–Crippen LogP) is 3.13. The van der Waals surface area contributed by atoms with Crippen molar-refractivity contribution in [3.05, 3.63) is 59.7 Å². The quantitative estimate of drug-likeness (QED) is 0.602. The third kappa shape index (κ3) is 4.75. The highest BCUT2D eigenvalue weighted by Gasteiger charge is 2.46. The molecule has 0 bridgehead atoms. The van der Waals surface area contributed by atoms with Crippen molar-refractivity contribution in [3.63, 3.8) is 0 Å². The molecule has 174 valence electrons. The van der Waals surface area contributed by atoms with Gasteiger partial charge in [-0.2, -0.15) is 0 Å². The summed E-state index contributed by atoms with van der Waals surface area (Å²) in [6.45, 7) is 0.292. The fourth-order valence-corrected chi connectivity index (χ4v) is 4.96. The van der Waals surface area contributed by atoms with Gasteiger partial charge in [-0.1, -0.05) is 36.8 Å². The predicted molar refractivity (Wildman–Crippen MR) is 123 cm³/mol. The molecule has 33 heavy (non-hydrogen) atoms. The molecule has 5 rings (SSSR count). The van der Waals surface area contributed by atoms with Crippen LogP contribution in [0.3, 0.4) is 0 Å². The lowest BCUT2D eigenvalue weighted by Crippen LogP contribution is -2.47. The van der Waals surface area contributed by atoms with Gasteiger partial charge >= 0.3 is 0 Å². The average Bonchev–Trinajstić information content (AvgIpc) is 3.14. The first-order chi connectivity index (χ1) is 16.1. The van der Waals surface area contributed by atoms with E-state index in [1.807, 2.05) is 48.5 Å². The van der Waals surface area contributed by atoms with Crippen LogP contribution in [-0.4, -0.2) is 41.8 Å². The molecule has 3 N–H and O–H groups in total. The number of carbonyl (C=O) groups excluding carboxylic acids is 2. The van der Waals surface area contributed by atoms with E-state index in [0.717, 1.165) is 41.8 Å². The molecule has 0 spiro atoms. The van der Waals surface area contributed by atoms with E-state index >= 15 is 0 Å². The van der Waals surface area contributed by atoms with Gasteiger partial charge in [0.1, 0.15) is 18.0 Å². The summed E-state index contributed by atoms with van der Waals surface area (Å²) in [5, 5.41) is 15.9. The maximum Gasteiger partial charge on any atom is 0.227 e. The number of aliphatic hydroxyl groups is 1. The Kier molecular flexibility index (Phi) is 6.33. The van der Waals surface area contributed by atoms with Crippen molar-refractivity contribution in [2.45, 2.75) is 62.9 Å². The summed E-state index contributed by atoms with van der Waals surface area (Å²) >= 11 is 0. The zero-order valence-corrected chi connectivity index (χ0v) is 18.5. The Morgan fingerprint density at radius 1 is 1.09 bits per heavy atom. The molecule has 4 atom stereocenters. The number of nitrogens with one attached hydrogen (secondary N) is 2. The van der Waals surface area contributed by atoms with Crippen LogP contribution in [0.4, 0.5) is 5.69 Å². The van der Waals surface area contributed by atoms with Gasteiger partial charge in [0.15, 0.2) is 0 Å². The van der Waals surface area contributed by atoms with Crippen LogP contribution in [0.15, 0.2) is 48.5 Å². The monoisotopic (exact) mass is 450 g/mol. The minimum Gasteiger partial charge on any atom is -0.487 e. The van der Waals surface area contributed by atoms with Gasteiger partial charge in [0.2, 0.25) is 11.8 Å². The lowest BCUT2D eigenvalue weighted by atomic mass is 9.83. The van der Waals surface area contributed by atoms with Crippen molar-refractivity contribution in [1.82, 2.24) is 5.32 Å². The van der Waals surface area contributed by atoms with Gasteiger partial charge in [0.25, 0.3) is 0 Å². The van der Waals surface area contributed by atoms with Gasteiger partial charge in [-0.05, 0) is 43.0 Å². The van der Waals surface area contributed by atoms with Crippen molar-refractivity contribution >= 4 is 17.5 Å². The summed E-state index contributed by atoms with van der Waals surface area (Å²) in [5.41, 5.74) is 2.81. The number of rotatable bonds is 7. The molecule has 1 saturated carbocycles. The SMILES string of the molecule is O=C(C[C@@H]1C[C@H]2c3cc(NC(=O)C4CCC4)ccc3O[C@H]2[C@@H](CO)O1)NCc1ccccc1. The van der Waals surface area contributed by atoms with Crippen molar-refractivity contribution in [2.75, 3.05) is 11.9 Å². The Bertz CT molecular complexity index is 1010. The number of ether oxygens (including phenoxy) is 2. The van der Waals surface area contributed by atoms with Gasteiger partial charge in [0, 0.05) is 29.6 Å². The summed E-state index contributed by atoms with van der Waals surface area (Å²) in [7, 11) is 0. The van der Waals surface area contributed by atoms with Crippen LogP contribution in [0.5, 0.6) is 5.75 Å². The second kappa shape index (κ2) is 9.53. The van der Waals surface area contributed by atoms with E-state index in [4.69, 9.17) is 9.47 Å². The third-order valence-corrected chi connectivity index (χ3v) is 6.99. The first-order valence-corrected chi connectivity index (χ1v) is 11.8. The molecule has 7 nitrogen and oxygen atoms in total. The molecular weight excluding hydrogens is 420 g/mol. The van der Waals surface area contributed by atoms with E-state index in [0.29, 0.717) is 13.0 Å². The summed E-state index contributed by atoms with van der Waals surface area (Å²) < 4.78 is 12.2. The minimum atomic E-state index is -0.504. The molecular formula is C26H30N2O5. The second-order valence-corrected chi connectivity index (χ2v) is 9.24. The number of hydrogen-bond donors (Lipinski definition) is 3. The highest BCUT2D eigenvalue weighted by Crippen LogP contribution is 2.47. The van der Waals surface area contributed by atoms with Crippen LogP contribution in [0, 0.1) is 5.92 Å². The third-order valence-electron chi connectivity index (χ3n) is 6.99. The topological polar surface area (TPSA) is 96.9 Å². The summed E-state index contributed by atoms with van der Waals surface area (Å²) in [5.74, 6) is 0.855. The molecule has 0 aromatic heterocycles. The van der Waals surface area contributed by atoms with Crippen LogP contribution in [0.2, 0.25) is 0 Å². The van der Waals surface area contributed by atoms with E-state index < -0.39 is 6.10 Å². The number of carbonyl (C=O) groups is 2. The van der Waals surface area contributed by atoms with Crippen molar-refractivity contribution < 1.29 is 24.2 Å². The summed E-state index contributed by atoms with van der Waals surface area (Å²) in [4.78, 5) is 24.9. The van der Waals surface area contributed by atoms with Crippen LogP contribution < -0.4 is 15.4 Å². The number of hydrogen-bond acceptors (Lipinski definition) is 5. The molecule has 0 radical (unpaired) electrons. The Balaban J connectivity index is 1.25. The lowest BCUT2D eigenvalue weighted by molar-refractivity contribution is -0.142. The molecule has 2 fully saturated rings. The van der Waals surface area contributed by atoms with Crippen LogP contribution in [0.25, 0.3) is 0 Å². The maximum atomic E-state index is 12.6. The molecule has 2 aromatic carbocycles. The second-order valence-electron chi connectivity index (χ2n) is 9.24. The largest absolute Gasteiger partial charge is 0.487 e. The lowest BCUT2D eigenvalue weighted by Gasteiger charge is -2.37. The molecule has 3 aliphatic rings. The zero-order valence-electron chi connectivity index (χ0n) is 18.5. The standard InChI is InChI=1S/C26H30N2O5/c29-15-23-25-21(12-19(32-23)13-24(30)27-14-16-5-2-1-3-6-16)20-11-18(9-10-22(20)33-25)28-26(31)17-7-4-8-17/h1-3,5-6,9-11,17,19,21,23,25,29H,4,7-8,12-15H2,(H,27,30)(H,28,31)/t19-,21-,23+,25+/m0/s1. The fourth-order valence-electron chi connectivity index (χ4n) is 4.96. The first-order valence-electron chi connectivity index (χ1n) is 11.8. The van der Waals surface area contributed by atoms with Crippen LogP contribution in [-0.2, 0) is 20.9 Å². The number of anilines is 1. The van der Waals surface area contributed by atoms with Crippen LogP contribution >= 0.6 is 0 Å². The van der Waals surface area contributed by atoms with Gasteiger partial charge in [-0.15, -0.1) is 0 Å². The van der Waals surface area contributed by atoms with E-state index in [9.17, 15) is 14.7 Å². The van der Waals surface area contributed by atoms with Crippen molar-refractivity contribution in [3.8, 4) is 5.75 Å². The highest BCUT2D eigenvalue weighted by molar-refractivity contribution is 5.93. The first kappa shape index (κ1) is 21.9. The van der Waals surface area contributed by atoms with Crippen molar-refractivity contribution in [1.29, 1.82) is 0 Å². The number of fused-ring (bicyclic) bond motifs is 3. The molecule has 7 heteroatoms. The molecule has 1 saturated heterocycles. The Hall–Kier alpha value is -2.90. The maximum absolute atomic E-state index is 12.6. The van der Waals surface area contributed by atoms with Gasteiger partial charge in [0.05, 0.1) is 19.1 Å². The number of amides is 2. The molecule has 2 aliphatic heterocycles. The van der Waals surface area contributed by atoms with Gasteiger partial charge < -0.3 is 25.2 Å². The fraction of sp³-hybridized carbons (Fsp3) is 0.462. The Morgan fingerprint density at radius 2 is 1.91 bits per heavy atom. The molecule has 2 heterocycles. The van der Waals surface area contributed by atoms with Gasteiger partial charge in [-0.25, -0.2) is 0 Å². The van der Waals surface area contributed by atoms with E-state index in [-0.39, 0.29) is 48.9 Å². The zero-order chi connectivity index (χ0) is 22.8. The molecule has 2 amide bonds. The molecule has 2 aromatic rings. The molecule has 1 aliphatic carbocycles.